The maximum Gasteiger partial charge on any atom is 0.250 e. The number of halogens is 1. The molecule has 9 heteroatoms. The Hall–Kier alpha value is -0.930. The standard InChI is InChI=1S/C13H16ClN3O3S2/c1-17-8-9(7-15-17)13-10(3-2-6-20-13)16-22(18,19)12-5-4-11(14)21-12/h4-5,7-8,10,13,16H,2-3,6H2,1H3/t10-,13+/m0/s1. The molecule has 2 aromatic rings. The number of rotatable bonds is 4. The van der Waals surface area contributed by atoms with Crippen LogP contribution in [0.5, 0.6) is 0 Å². The van der Waals surface area contributed by atoms with Crippen LogP contribution in [0.2, 0.25) is 4.34 Å². The minimum absolute atomic E-state index is 0.216. The van der Waals surface area contributed by atoms with Gasteiger partial charge in [0, 0.05) is 25.4 Å². The second-order valence-corrected chi connectivity index (χ2v) is 8.82. The van der Waals surface area contributed by atoms with E-state index in [0.29, 0.717) is 10.9 Å². The molecule has 1 N–H and O–H groups in total. The number of thiophene rings is 1. The third kappa shape index (κ3) is 3.36. The Morgan fingerprint density at radius 3 is 2.95 bits per heavy atom. The van der Waals surface area contributed by atoms with E-state index in [4.69, 9.17) is 16.3 Å². The van der Waals surface area contributed by atoms with E-state index in [1.165, 1.54) is 6.07 Å². The van der Waals surface area contributed by atoms with Crippen LogP contribution in [0, 0.1) is 0 Å². The Balaban J connectivity index is 1.82. The van der Waals surface area contributed by atoms with E-state index in [1.807, 2.05) is 13.2 Å². The molecule has 0 spiro atoms. The SMILES string of the molecule is Cn1cc([C@H]2OCCC[C@@H]2NS(=O)(=O)c2ccc(Cl)s2)cn1. The second-order valence-electron chi connectivity index (χ2n) is 5.17. The van der Waals surface area contributed by atoms with Gasteiger partial charge in [0.05, 0.1) is 16.6 Å². The topological polar surface area (TPSA) is 73.2 Å². The van der Waals surface area contributed by atoms with Gasteiger partial charge in [0.1, 0.15) is 10.3 Å². The van der Waals surface area contributed by atoms with Gasteiger partial charge in [0.2, 0.25) is 10.0 Å². The molecule has 1 aliphatic heterocycles. The lowest BCUT2D eigenvalue weighted by molar-refractivity contribution is -0.00445. The minimum atomic E-state index is -3.60. The zero-order chi connectivity index (χ0) is 15.7. The molecule has 0 unspecified atom stereocenters. The van der Waals surface area contributed by atoms with Gasteiger partial charge < -0.3 is 4.74 Å². The van der Waals surface area contributed by atoms with Crippen molar-refractivity contribution < 1.29 is 13.2 Å². The summed E-state index contributed by atoms with van der Waals surface area (Å²) in [4.78, 5) is 0. The summed E-state index contributed by atoms with van der Waals surface area (Å²) in [5.41, 5.74) is 0.874. The van der Waals surface area contributed by atoms with Crippen molar-refractivity contribution in [2.75, 3.05) is 6.61 Å². The smallest absolute Gasteiger partial charge is 0.250 e. The van der Waals surface area contributed by atoms with Crippen LogP contribution in [0.4, 0.5) is 0 Å². The van der Waals surface area contributed by atoms with Crippen LogP contribution in [0.1, 0.15) is 24.5 Å². The molecular formula is C13H16ClN3O3S2. The van der Waals surface area contributed by atoms with Crippen molar-refractivity contribution in [1.29, 1.82) is 0 Å². The molecule has 0 bridgehead atoms. The van der Waals surface area contributed by atoms with Crippen LogP contribution >= 0.6 is 22.9 Å². The van der Waals surface area contributed by atoms with E-state index in [0.717, 1.165) is 29.7 Å². The summed E-state index contributed by atoms with van der Waals surface area (Å²) < 4.78 is 35.8. The lowest BCUT2D eigenvalue weighted by atomic mass is 9.99. The summed E-state index contributed by atoms with van der Waals surface area (Å²) >= 11 is 6.87. The molecule has 0 aliphatic carbocycles. The van der Waals surface area contributed by atoms with E-state index >= 15 is 0 Å². The summed E-state index contributed by atoms with van der Waals surface area (Å²) in [7, 11) is -1.78. The van der Waals surface area contributed by atoms with Gasteiger partial charge in [0.15, 0.2) is 0 Å². The highest BCUT2D eigenvalue weighted by Gasteiger charge is 2.32. The Morgan fingerprint density at radius 2 is 2.32 bits per heavy atom. The molecule has 1 aliphatic rings. The molecule has 6 nitrogen and oxygen atoms in total. The van der Waals surface area contributed by atoms with Gasteiger partial charge in [-0.05, 0) is 25.0 Å². The van der Waals surface area contributed by atoms with Crippen LogP contribution in [-0.2, 0) is 21.8 Å². The predicted molar refractivity (Wildman–Crippen MR) is 84.6 cm³/mol. The van der Waals surface area contributed by atoms with Crippen molar-refractivity contribution in [1.82, 2.24) is 14.5 Å². The third-order valence-electron chi connectivity index (χ3n) is 3.50. The molecule has 120 valence electrons. The summed E-state index contributed by atoms with van der Waals surface area (Å²) in [6.45, 7) is 0.614. The van der Waals surface area contributed by atoms with Gasteiger partial charge in [-0.1, -0.05) is 11.6 Å². The van der Waals surface area contributed by atoms with Crippen molar-refractivity contribution in [3.05, 3.63) is 34.4 Å². The summed E-state index contributed by atoms with van der Waals surface area (Å²) in [6, 6.07) is 2.78. The number of aromatic nitrogens is 2. The van der Waals surface area contributed by atoms with Gasteiger partial charge in [-0.15, -0.1) is 11.3 Å². The van der Waals surface area contributed by atoms with Crippen LogP contribution in [0.15, 0.2) is 28.7 Å². The fraction of sp³-hybridized carbons (Fsp3) is 0.462. The fourth-order valence-corrected chi connectivity index (χ4v) is 5.29. The Morgan fingerprint density at radius 1 is 1.50 bits per heavy atom. The molecule has 3 heterocycles. The van der Waals surface area contributed by atoms with Crippen molar-refractivity contribution in [3.63, 3.8) is 0 Å². The molecular weight excluding hydrogens is 346 g/mol. The normalized spacial score (nSPS) is 22.8. The zero-order valence-electron chi connectivity index (χ0n) is 11.9. The first kappa shape index (κ1) is 15.9. The monoisotopic (exact) mass is 361 g/mol. The molecule has 3 rings (SSSR count). The molecule has 0 amide bonds. The average molecular weight is 362 g/mol. The number of nitrogens with one attached hydrogen (secondary N) is 1. The highest BCUT2D eigenvalue weighted by molar-refractivity contribution is 7.91. The highest BCUT2D eigenvalue weighted by atomic mass is 35.5. The molecule has 22 heavy (non-hydrogen) atoms. The van der Waals surface area contributed by atoms with Gasteiger partial charge in [0.25, 0.3) is 0 Å². The van der Waals surface area contributed by atoms with Crippen LogP contribution in [0.3, 0.4) is 0 Å². The van der Waals surface area contributed by atoms with Crippen LogP contribution < -0.4 is 4.72 Å². The van der Waals surface area contributed by atoms with Gasteiger partial charge in [-0.3, -0.25) is 4.68 Å². The summed E-state index contributed by atoms with van der Waals surface area (Å²) in [5.74, 6) is 0. The maximum atomic E-state index is 12.5. The first-order valence-electron chi connectivity index (χ1n) is 6.83. The third-order valence-corrected chi connectivity index (χ3v) is 6.71. The number of hydrogen-bond donors (Lipinski definition) is 1. The molecule has 0 aromatic carbocycles. The zero-order valence-corrected chi connectivity index (χ0v) is 14.3. The first-order valence-corrected chi connectivity index (χ1v) is 9.51. The largest absolute Gasteiger partial charge is 0.372 e. The number of ether oxygens (including phenoxy) is 1. The molecule has 2 atom stereocenters. The van der Waals surface area contributed by atoms with Crippen LogP contribution in [0.25, 0.3) is 0 Å². The average Bonchev–Trinajstić information content (AvgIpc) is 3.08. The van der Waals surface area contributed by atoms with E-state index < -0.39 is 10.0 Å². The van der Waals surface area contributed by atoms with Gasteiger partial charge in [-0.25, -0.2) is 13.1 Å². The minimum Gasteiger partial charge on any atom is -0.372 e. The Kier molecular flexibility index (Phi) is 4.56. The molecule has 0 radical (unpaired) electrons. The number of aryl methyl sites for hydroxylation is 1. The van der Waals surface area contributed by atoms with Crippen molar-refractivity contribution in [2.24, 2.45) is 7.05 Å². The van der Waals surface area contributed by atoms with E-state index in [1.54, 1.807) is 16.9 Å². The Bertz CT molecular complexity index is 756. The van der Waals surface area contributed by atoms with Crippen molar-refractivity contribution in [2.45, 2.75) is 29.2 Å². The second kappa shape index (κ2) is 6.29. The number of nitrogens with zero attached hydrogens (tertiary/aromatic N) is 2. The predicted octanol–water partition coefficient (Wildman–Crippen LogP) is 2.33. The van der Waals surface area contributed by atoms with E-state index in [2.05, 4.69) is 9.82 Å². The summed E-state index contributed by atoms with van der Waals surface area (Å²) in [6.07, 6.45) is 4.76. The lowest BCUT2D eigenvalue weighted by Gasteiger charge is -2.31. The highest BCUT2D eigenvalue weighted by Crippen LogP contribution is 2.31. The first-order chi connectivity index (χ1) is 10.5. The number of hydrogen-bond acceptors (Lipinski definition) is 5. The molecule has 2 aromatic heterocycles. The quantitative estimate of drug-likeness (QED) is 0.907. The molecule has 0 saturated carbocycles. The Labute approximate surface area is 138 Å². The molecule has 1 saturated heterocycles. The fourth-order valence-electron chi connectivity index (χ4n) is 2.52. The van der Waals surface area contributed by atoms with Gasteiger partial charge in [-0.2, -0.15) is 5.10 Å². The maximum absolute atomic E-state index is 12.5. The van der Waals surface area contributed by atoms with Gasteiger partial charge >= 0.3 is 0 Å². The van der Waals surface area contributed by atoms with Crippen molar-refractivity contribution in [3.8, 4) is 0 Å². The number of sulfonamides is 1. The van der Waals surface area contributed by atoms with Crippen molar-refractivity contribution >= 4 is 33.0 Å². The van der Waals surface area contributed by atoms with Crippen LogP contribution in [-0.4, -0.2) is 30.8 Å². The van der Waals surface area contributed by atoms with E-state index in [-0.39, 0.29) is 16.4 Å². The van der Waals surface area contributed by atoms with E-state index in [9.17, 15) is 8.42 Å². The molecule has 1 fully saturated rings. The summed E-state index contributed by atoms with van der Waals surface area (Å²) in [5, 5.41) is 4.13. The lowest BCUT2D eigenvalue weighted by Crippen LogP contribution is -2.42.